The van der Waals surface area contributed by atoms with Crippen LogP contribution in [0.1, 0.15) is 35.8 Å². The summed E-state index contributed by atoms with van der Waals surface area (Å²) in [6.45, 7) is 3.58. The summed E-state index contributed by atoms with van der Waals surface area (Å²) in [4.78, 5) is 22.6. The number of hydrogen-bond acceptors (Lipinski definition) is 4. The third-order valence-corrected chi connectivity index (χ3v) is 4.64. The maximum absolute atomic E-state index is 12.5. The summed E-state index contributed by atoms with van der Waals surface area (Å²) in [5, 5.41) is 3.82. The second-order valence-corrected chi connectivity index (χ2v) is 6.49. The summed E-state index contributed by atoms with van der Waals surface area (Å²) in [6, 6.07) is 7.96. The van der Waals surface area contributed by atoms with Gasteiger partial charge in [0.25, 0.3) is 0 Å². The Bertz CT molecular complexity index is 853. The van der Waals surface area contributed by atoms with E-state index < -0.39 is 0 Å². The number of aromatic amines is 1. The van der Waals surface area contributed by atoms with Crippen LogP contribution in [0.15, 0.2) is 35.1 Å². The molecule has 0 radical (unpaired) electrons. The lowest BCUT2D eigenvalue weighted by molar-refractivity contribution is -0.131. The van der Waals surface area contributed by atoms with Crippen LogP contribution in [-0.2, 0) is 11.2 Å². The molecule has 124 valence electrons. The average molecular weight is 324 g/mol. The number of nitrogens with one attached hydrogen (secondary N) is 1. The number of carbonyl (C=O) groups excluding carboxylic acids is 1. The van der Waals surface area contributed by atoms with Crippen molar-refractivity contribution in [3.05, 3.63) is 47.6 Å². The maximum Gasteiger partial charge on any atom is 0.228 e. The van der Waals surface area contributed by atoms with Gasteiger partial charge in [-0.05, 0) is 37.5 Å². The number of benzene rings is 1. The van der Waals surface area contributed by atoms with Gasteiger partial charge in [0.2, 0.25) is 5.91 Å². The highest BCUT2D eigenvalue weighted by Gasteiger charge is 2.27. The number of rotatable bonds is 3. The van der Waals surface area contributed by atoms with E-state index in [2.05, 4.69) is 29.2 Å². The number of fused-ring (bicyclic) bond motifs is 1. The van der Waals surface area contributed by atoms with Gasteiger partial charge in [0, 0.05) is 25.1 Å². The minimum atomic E-state index is 0.0977. The number of carbonyl (C=O) groups is 1. The van der Waals surface area contributed by atoms with Gasteiger partial charge in [0.15, 0.2) is 0 Å². The van der Waals surface area contributed by atoms with Crippen LogP contribution in [0.3, 0.4) is 0 Å². The van der Waals surface area contributed by atoms with Crippen LogP contribution in [0.25, 0.3) is 11.0 Å². The van der Waals surface area contributed by atoms with Crippen molar-refractivity contribution in [1.82, 2.24) is 20.0 Å². The number of hydrogen-bond donors (Lipinski definition) is 1. The van der Waals surface area contributed by atoms with E-state index >= 15 is 0 Å². The average Bonchev–Trinajstić information content (AvgIpc) is 3.24. The molecule has 1 saturated heterocycles. The summed E-state index contributed by atoms with van der Waals surface area (Å²) in [7, 11) is 0. The molecule has 1 aliphatic rings. The lowest BCUT2D eigenvalue weighted by Crippen LogP contribution is -2.40. The molecule has 0 unspecified atom stereocenters. The number of aromatic nitrogens is 3. The third kappa shape index (κ3) is 2.91. The van der Waals surface area contributed by atoms with Gasteiger partial charge in [-0.1, -0.05) is 11.2 Å². The molecule has 1 fully saturated rings. The number of piperidine rings is 1. The largest absolute Gasteiger partial charge is 0.364 e. The van der Waals surface area contributed by atoms with Gasteiger partial charge in [0.1, 0.15) is 12.1 Å². The Labute approximate surface area is 139 Å². The summed E-state index contributed by atoms with van der Waals surface area (Å²) >= 11 is 0. The molecule has 0 aliphatic carbocycles. The number of amides is 1. The molecule has 0 spiro atoms. The number of likely N-dealkylation sites (tertiary alicyclic amines) is 1. The Kier molecular flexibility index (Phi) is 3.80. The second-order valence-electron chi connectivity index (χ2n) is 6.49. The predicted molar refractivity (Wildman–Crippen MR) is 89.6 cm³/mol. The second kappa shape index (κ2) is 6.11. The van der Waals surface area contributed by atoms with E-state index in [4.69, 9.17) is 9.51 Å². The Morgan fingerprint density at radius 1 is 1.42 bits per heavy atom. The van der Waals surface area contributed by atoms with Crippen molar-refractivity contribution in [2.24, 2.45) is 0 Å². The van der Waals surface area contributed by atoms with Crippen molar-refractivity contribution >= 4 is 16.9 Å². The zero-order valence-electron chi connectivity index (χ0n) is 13.7. The SMILES string of the molecule is Cc1ccc2nc([C@H]3CCCN(C(=O)Cc4ccon4)C3)[nH]c2c1. The first kappa shape index (κ1) is 14.9. The van der Waals surface area contributed by atoms with Gasteiger partial charge >= 0.3 is 0 Å². The van der Waals surface area contributed by atoms with E-state index in [0.717, 1.165) is 36.2 Å². The van der Waals surface area contributed by atoms with E-state index in [1.54, 1.807) is 6.07 Å². The molecule has 1 atom stereocenters. The fourth-order valence-electron chi connectivity index (χ4n) is 3.36. The number of imidazole rings is 1. The number of nitrogens with zero attached hydrogens (tertiary/aromatic N) is 3. The molecular formula is C18H20N4O2. The first-order valence-corrected chi connectivity index (χ1v) is 8.32. The molecule has 0 saturated carbocycles. The molecule has 2 aromatic heterocycles. The number of H-pyrrole nitrogens is 1. The molecule has 4 rings (SSSR count). The molecule has 1 N–H and O–H groups in total. The lowest BCUT2D eigenvalue weighted by Gasteiger charge is -2.31. The molecule has 24 heavy (non-hydrogen) atoms. The van der Waals surface area contributed by atoms with Gasteiger partial charge < -0.3 is 14.4 Å². The van der Waals surface area contributed by atoms with Gasteiger partial charge in [-0.25, -0.2) is 4.98 Å². The normalized spacial score (nSPS) is 18.2. The summed E-state index contributed by atoms with van der Waals surface area (Å²) in [5.41, 5.74) is 3.95. The molecule has 3 aromatic rings. The highest BCUT2D eigenvalue weighted by atomic mass is 16.5. The Hall–Kier alpha value is -2.63. The molecule has 6 nitrogen and oxygen atoms in total. The summed E-state index contributed by atoms with van der Waals surface area (Å²) < 4.78 is 4.80. The molecule has 1 aromatic carbocycles. The fourth-order valence-corrected chi connectivity index (χ4v) is 3.36. The van der Waals surface area contributed by atoms with Crippen molar-refractivity contribution in [2.45, 2.75) is 32.1 Å². The van der Waals surface area contributed by atoms with Crippen LogP contribution in [0.4, 0.5) is 0 Å². The maximum atomic E-state index is 12.5. The van der Waals surface area contributed by atoms with Crippen molar-refractivity contribution in [1.29, 1.82) is 0 Å². The quantitative estimate of drug-likeness (QED) is 0.804. The molecule has 0 bridgehead atoms. The van der Waals surface area contributed by atoms with Crippen LogP contribution >= 0.6 is 0 Å². The number of aryl methyl sites for hydroxylation is 1. The molecule has 3 heterocycles. The van der Waals surface area contributed by atoms with Gasteiger partial charge in [-0.2, -0.15) is 0 Å². The molecule has 6 heteroatoms. The standard InChI is InChI=1S/C18H20N4O2/c1-12-4-5-15-16(9-12)20-18(19-15)13-3-2-7-22(11-13)17(23)10-14-6-8-24-21-14/h4-6,8-9,13H,2-3,7,10-11H2,1H3,(H,19,20)/t13-/m0/s1. The van der Waals surface area contributed by atoms with Gasteiger partial charge in [-0.15, -0.1) is 0 Å². The zero-order chi connectivity index (χ0) is 16.5. The minimum Gasteiger partial charge on any atom is -0.364 e. The Morgan fingerprint density at radius 3 is 3.17 bits per heavy atom. The monoisotopic (exact) mass is 324 g/mol. The van der Waals surface area contributed by atoms with Crippen molar-refractivity contribution < 1.29 is 9.32 Å². The first-order chi connectivity index (χ1) is 11.7. The van der Waals surface area contributed by atoms with Gasteiger partial charge in [0.05, 0.1) is 23.1 Å². The smallest absolute Gasteiger partial charge is 0.228 e. The third-order valence-electron chi connectivity index (χ3n) is 4.64. The van der Waals surface area contributed by atoms with E-state index in [-0.39, 0.29) is 11.8 Å². The fraction of sp³-hybridized carbons (Fsp3) is 0.389. The van der Waals surface area contributed by atoms with Crippen LogP contribution in [0.5, 0.6) is 0 Å². The summed E-state index contributed by atoms with van der Waals surface area (Å²) in [6.07, 6.45) is 3.83. The van der Waals surface area contributed by atoms with Crippen LogP contribution < -0.4 is 0 Å². The van der Waals surface area contributed by atoms with Crippen molar-refractivity contribution in [3.8, 4) is 0 Å². The summed E-state index contributed by atoms with van der Waals surface area (Å²) in [5.74, 6) is 1.34. The van der Waals surface area contributed by atoms with E-state index in [9.17, 15) is 4.79 Å². The van der Waals surface area contributed by atoms with Crippen molar-refractivity contribution in [2.75, 3.05) is 13.1 Å². The minimum absolute atomic E-state index is 0.0977. The zero-order valence-corrected chi connectivity index (χ0v) is 13.7. The topological polar surface area (TPSA) is 75.0 Å². The predicted octanol–water partition coefficient (Wildman–Crippen LogP) is 2.81. The van der Waals surface area contributed by atoms with Crippen LogP contribution in [0.2, 0.25) is 0 Å². The Balaban J connectivity index is 1.50. The highest BCUT2D eigenvalue weighted by molar-refractivity contribution is 5.78. The van der Waals surface area contributed by atoms with Crippen molar-refractivity contribution in [3.63, 3.8) is 0 Å². The van der Waals surface area contributed by atoms with E-state index in [0.29, 0.717) is 18.7 Å². The van der Waals surface area contributed by atoms with E-state index in [1.807, 2.05) is 11.0 Å². The molecular weight excluding hydrogens is 304 g/mol. The molecule has 1 amide bonds. The van der Waals surface area contributed by atoms with E-state index in [1.165, 1.54) is 11.8 Å². The van der Waals surface area contributed by atoms with Crippen LogP contribution in [0, 0.1) is 6.92 Å². The molecule has 1 aliphatic heterocycles. The highest BCUT2D eigenvalue weighted by Crippen LogP contribution is 2.27. The first-order valence-electron chi connectivity index (χ1n) is 8.32. The lowest BCUT2D eigenvalue weighted by atomic mass is 9.97. The van der Waals surface area contributed by atoms with Gasteiger partial charge in [-0.3, -0.25) is 4.79 Å². The Morgan fingerprint density at radius 2 is 2.33 bits per heavy atom. The van der Waals surface area contributed by atoms with Crippen LogP contribution in [-0.4, -0.2) is 39.0 Å².